The molecule has 2 heterocycles. The Hall–Kier alpha value is -2.24. The SMILES string of the molecule is CC1=CC=C(SON=O)CC1.NC(=O)c1ncn(C2CCC(CO)O2)n1. The van der Waals surface area contributed by atoms with Gasteiger partial charge in [-0.3, -0.25) is 9.08 Å². The summed E-state index contributed by atoms with van der Waals surface area (Å²) < 4.78 is 11.2. The molecule has 2 unspecified atom stereocenters. The lowest BCUT2D eigenvalue weighted by Gasteiger charge is -2.11. The number of carbonyl (C=O) groups is 1. The van der Waals surface area contributed by atoms with E-state index in [1.165, 1.54) is 16.6 Å². The second-order valence-corrected chi connectivity index (χ2v) is 6.60. The zero-order valence-electron chi connectivity index (χ0n) is 14.3. The number of nitrogens with zero attached hydrogens (tertiary/aromatic N) is 4. The first-order chi connectivity index (χ1) is 12.5. The molecule has 142 valence electrons. The number of rotatable bonds is 6. The summed E-state index contributed by atoms with van der Waals surface area (Å²) in [6.45, 7) is 2.07. The Morgan fingerprint density at radius 1 is 1.50 bits per heavy atom. The molecule has 26 heavy (non-hydrogen) atoms. The van der Waals surface area contributed by atoms with Crippen molar-refractivity contribution >= 4 is 17.9 Å². The van der Waals surface area contributed by atoms with Gasteiger partial charge in [0, 0.05) is 4.91 Å². The second kappa shape index (κ2) is 10.0. The summed E-state index contributed by atoms with van der Waals surface area (Å²) in [4.78, 5) is 25.1. The lowest BCUT2D eigenvalue weighted by molar-refractivity contribution is -0.0284. The van der Waals surface area contributed by atoms with Crippen LogP contribution in [0.4, 0.5) is 0 Å². The molecule has 0 saturated carbocycles. The number of nitrogens with two attached hydrogens (primary N) is 1. The molecule has 11 heteroatoms. The quantitative estimate of drug-likeness (QED) is 0.431. The maximum atomic E-state index is 10.8. The third-order valence-corrected chi connectivity index (χ3v) is 4.50. The smallest absolute Gasteiger partial charge is 0.288 e. The molecule has 2 aliphatic rings. The molecule has 3 rings (SSSR count). The van der Waals surface area contributed by atoms with Crippen LogP contribution in [0.5, 0.6) is 0 Å². The fourth-order valence-corrected chi connectivity index (χ4v) is 2.83. The van der Waals surface area contributed by atoms with Gasteiger partial charge in [0.25, 0.3) is 5.91 Å². The van der Waals surface area contributed by atoms with Gasteiger partial charge in [0.1, 0.15) is 18.4 Å². The minimum Gasteiger partial charge on any atom is -0.394 e. The lowest BCUT2D eigenvalue weighted by Crippen LogP contribution is -2.16. The average Bonchev–Trinajstić information content (AvgIpc) is 3.31. The third kappa shape index (κ3) is 5.93. The minimum atomic E-state index is -0.662. The number of aliphatic hydroxyl groups is 1. The highest BCUT2D eigenvalue weighted by Crippen LogP contribution is 2.28. The predicted octanol–water partition coefficient (Wildman–Crippen LogP) is 2.00. The van der Waals surface area contributed by atoms with Crippen LogP contribution in [0, 0.1) is 4.91 Å². The third-order valence-electron chi connectivity index (χ3n) is 3.81. The van der Waals surface area contributed by atoms with Gasteiger partial charge in [-0.15, -0.1) is 10.0 Å². The number of hydrogen-bond acceptors (Lipinski definition) is 9. The Kier molecular flexibility index (Phi) is 7.75. The Morgan fingerprint density at radius 2 is 2.31 bits per heavy atom. The molecule has 10 nitrogen and oxygen atoms in total. The Morgan fingerprint density at radius 3 is 2.85 bits per heavy atom. The van der Waals surface area contributed by atoms with Crippen molar-refractivity contribution in [1.82, 2.24) is 14.8 Å². The molecule has 2 atom stereocenters. The van der Waals surface area contributed by atoms with Crippen LogP contribution >= 0.6 is 12.0 Å². The number of allylic oxidation sites excluding steroid dienone is 4. The number of ether oxygens (including phenoxy) is 1. The molecule has 1 saturated heterocycles. The highest BCUT2D eigenvalue weighted by Gasteiger charge is 2.27. The van der Waals surface area contributed by atoms with Gasteiger partial charge in [0.15, 0.2) is 11.6 Å². The van der Waals surface area contributed by atoms with Crippen LogP contribution in [0.2, 0.25) is 0 Å². The fourth-order valence-electron chi connectivity index (χ4n) is 2.40. The van der Waals surface area contributed by atoms with E-state index in [-0.39, 0.29) is 24.8 Å². The van der Waals surface area contributed by atoms with E-state index in [0.29, 0.717) is 0 Å². The molecule has 1 aromatic heterocycles. The van der Waals surface area contributed by atoms with Crippen LogP contribution in [0.15, 0.2) is 34.3 Å². The molecule has 0 aromatic carbocycles. The second-order valence-electron chi connectivity index (χ2n) is 5.76. The first-order valence-electron chi connectivity index (χ1n) is 8.03. The highest BCUT2D eigenvalue weighted by molar-refractivity contribution is 7.98. The van der Waals surface area contributed by atoms with Crippen molar-refractivity contribution in [3.63, 3.8) is 0 Å². The van der Waals surface area contributed by atoms with Crippen LogP contribution in [-0.2, 0) is 9.02 Å². The summed E-state index contributed by atoms with van der Waals surface area (Å²) in [5.74, 6) is -0.684. The molecule has 1 aromatic rings. The molecule has 1 amide bonds. The lowest BCUT2D eigenvalue weighted by atomic mass is 10.1. The largest absolute Gasteiger partial charge is 0.394 e. The van der Waals surface area contributed by atoms with Gasteiger partial charge in [0.05, 0.1) is 12.7 Å². The van der Waals surface area contributed by atoms with Crippen molar-refractivity contribution in [1.29, 1.82) is 0 Å². The van der Waals surface area contributed by atoms with Gasteiger partial charge >= 0.3 is 0 Å². The van der Waals surface area contributed by atoms with Gasteiger partial charge in [0.2, 0.25) is 5.82 Å². The molecule has 1 aliphatic heterocycles. The number of primary amides is 1. The number of aliphatic hydroxyl groups excluding tert-OH is 1. The molecule has 1 fully saturated rings. The average molecular weight is 383 g/mol. The summed E-state index contributed by atoms with van der Waals surface area (Å²) in [5, 5.41) is 15.1. The first kappa shape index (κ1) is 20.1. The van der Waals surface area contributed by atoms with Crippen LogP contribution in [0.3, 0.4) is 0 Å². The van der Waals surface area contributed by atoms with Gasteiger partial charge < -0.3 is 15.6 Å². The number of hydrogen-bond donors (Lipinski definition) is 2. The van der Waals surface area contributed by atoms with Gasteiger partial charge in [-0.2, -0.15) is 0 Å². The van der Waals surface area contributed by atoms with E-state index >= 15 is 0 Å². The van der Waals surface area contributed by atoms with Crippen LogP contribution in [-0.4, -0.2) is 38.5 Å². The molecular weight excluding hydrogens is 362 g/mol. The standard InChI is InChI=1S/C8H12N4O3.C7H9NO2S/c9-7(14)8-10-4-12(11-8)6-2-1-5(3-13)15-6;1-6-2-4-7(5-3-6)11-10-8-9/h4-6,13H,1-3H2,(H2,9,14);2,4H,3,5H2,1H3. The highest BCUT2D eigenvalue weighted by atomic mass is 32.2. The Balaban J connectivity index is 0.000000197. The van der Waals surface area contributed by atoms with Gasteiger partial charge in [-0.05, 0) is 38.7 Å². The normalized spacial score (nSPS) is 21.9. The molecule has 0 spiro atoms. The van der Waals surface area contributed by atoms with E-state index in [2.05, 4.69) is 26.6 Å². The van der Waals surface area contributed by atoms with Crippen molar-refractivity contribution in [2.24, 2.45) is 11.1 Å². The van der Waals surface area contributed by atoms with E-state index < -0.39 is 5.91 Å². The van der Waals surface area contributed by atoms with Crippen molar-refractivity contribution in [2.45, 2.75) is 44.9 Å². The van der Waals surface area contributed by atoms with Gasteiger partial charge in [-0.25, -0.2) is 9.67 Å². The van der Waals surface area contributed by atoms with Crippen LogP contribution in [0.1, 0.15) is 49.5 Å². The van der Waals surface area contributed by atoms with Gasteiger partial charge in [-0.1, -0.05) is 11.6 Å². The Labute approximate surface area is 154 Å². The fraction of sp³-hybridized carbons (Fsp3) is 0.533. The van der Waals surface area contributed by atoms with Crippen molar-refractivity contribution in [2.75, 3.05) is 6.61 Å². The molecule has 3 N–H and O–H groups in total. The monoisotopic (exact) mass is 383 g/mol. The number of aromatic nitrogens is 3. The molecule has 1 aliphatic carbocycles. The van der Waals surface area contributed by atoms with E-state index in [4.69, 9.17) is 15.6 Å². The molecular formula is C15H21N5O5S. The van der Waals surface area contributed by atoms with Crippen molar-refractivity contribution in [3.05, 3.63) is 39.7 Å². The zero-order chi connectivity index (χ0) is 18.9. The number of amides is 1. The summed E-state index contributed by atoms with van der Waals surface area (Å²) in [5.41, 5.74) is 6.38. The maximum absolute atomic E-state index is 10.8. The summed E-state index contributed by atoms with van der Waals surface area (Å²) >= 11 is 1.04. The summed E-state index contributed by atoms with van der Waals surface area (Å²) in [6.07, 6.45) is 8.47. The first-order valence-corrected chi connectivity index (χ1v) is 8.77. The predicted molar refractivity (Wildman–Crippen MR) is 94.3 cm³/mol. The van der Waals surface area contributed by atoms with E-state index in [9.17, 15) is 9.70 Å². The van der Waals surface area contributed by atoms with E-state index in [0.717, 1.165) is 42.6 Å². The zero-order valence-corrected chi connectivity index (χ0v) is 15.1. The van der Waals surface area contributed by atoms with Crippen molar-refractivity contribution in [3.8, 4) is 0 Å². The van der Waals surface area contributed by atoms with Crippen LogP contribution in [0.25, 0.3) is 0 Å². The Bertz CT molecular complexity index is 690. The van der Waals surface area contributed by atoms with Crippen LogP contribution < -0.4 is 5.73 Å². The molecule has 0 radical (unpaired) electrons. The topological polar surface area (TPSA) is 142 Å². The summed E-state index contributed by atoms with van der Waals surface area (Å²) in [6, 6.07) is 0. The van der Waals surface area contributed by atoms with E-state index in [1.807, 2.05) is 12.2 Å². The number of carbonyl (C=O) groups excluding carboxylic acids is 1. The van der Waals surface area contributed by atoms with E-state index in [1.54, 1.807) is 0 Å². The summed E-state index contributed by atoms with van der Waals surface area (Å²) in [7, 11) is 0. The molecule has 0 bridgehead atoms. The maximum Gasteiger partial charge on any atom is 0.288 e. The van der Waals surface area contributed by atoms with Crippen molar-refractivity contribution < 1.29 is 18.9 Å². The minimum absolute atomic E-state index is 0.00608.